The molecule has 7 aromatic rings. The van der Waals surface area contributed by atoms with Gasteiger partial charge in [0.05, 0.1) is 9.40 Å². The van der Waals surface area contributed by atoms with Gasteiger partial charge in [0.25, 0.3) is 0 Å². The van der Waals surface area contributed by atoms with Crippen molar-refractivity contribution in [2.75, 3.05) is 0 Å². The fourth-order valence-electron chi connectivity index (χ4n) is 4.61. The molecule has 0 spiro atoms. The van der Waals surface area contributed by atoms with Gasteiger partial charge in [0.2, 0.25) is 0 Å². The first kappa shape index (κ1) is 15.0. The Hall–Kier alpha value is -2.94. The number of fused-ring (bicyclic) bond motifs is 11. The third-order valence-corrected chi connectivity index (χ3v) is 8.36. The highest BCUT2D eigenvalue weighted by atomic mass is 32.1. The second kappa shape index (κ2) is 5.32. The van der Waals surface area contributed by atoms with Crippen molar-refractivity contribution in [1.29, 1.82) is 0 Å². The molecule has 0 saturated heterocycles. The molecule has 2 heteroatoms. The predicted octanol–water partition coefficient (Wildman–Crippen LogP) is 8.73. The fourth-order valence-corrected chi connectivity index (χ4v) is 7.18. The molecule has 0 fully saturated rings. The number of thiophene rings is 2. The van der Waals surface area contributed by atoms with Crippen LogP contribution in [0.5, 0.6) is 0 Å². The first-order valence-corrected chi connectivity index (χ1v) is 11.1. The summed E-state index contributed by atoms with van der Waals surface area (Å²) in [5.41, 5.74) is 0. The molecule has 0 bridgehead atoms. The van der Waals surface area contributed by atoms with Crippen molar-refractivity contribution in [1.82, 2.24) is 0 Å². The zero-order valence-corrected chi connectivity index (χ0v) is 16.5. The lowest BCUT2D eigenvalue weighted by Gasteiger charge is -2.01. The molecule has 2 heterocycles. The van der Waals surface area contributed by atoms with Crippen LogP contribution in [-0.4, -0.2) is 0 Å². The van der Waals surface area contributed by atoms with E-state index in [1.807, 2.05) is 22.7 Å². The maximum atomic E-state index is 2.34. The summed E-state index contributed by atoms with van der Waals surface area (Å²) in [6, 6.07) is 31.2. The normalized spacial score (nSPS) is 12.3. The van der Waals surface area contributed by atoms with Crippen molar-refractivity contribution in [2.24, 2.45) is 0 Å². The summed E-state index contributed by atoms with van der Waals surface area (Å²) in [4.78, 5) is 0. The molecular weight excluding hydrogens is 376 g/mol. The van der Waals surface area contributed by atoms with Gasteiger partial charge in [-0.1, -0.05) is 72.8 Å². The van der Waals surface area contributed by atoms with E-state index in [2.05, 4.69) is 84.9 Å². The number of hydrogen-bond acceptors (Lipinski definition) is 2. The Bertz CT molecular complexity index is 1580. The van der Waals surface area contributed by atoms with Gasteiger partial charge >= 0.3 is 0 Å². The molecule has 130 valence electrons. The highest BCUT2D eigenvalue weighted by Gasteiger charge is 2.15. The second-order valence-electron chi connectivity index (χ2n) is 7.34. The van der Waals surface area contributed by atoms with Crippen LogP contribution in [0.2, 0.25) is 0 Å². The smallest absolute Gasteiger partial charge is 0.0534 e. The summed E-state index contributed by atoms with van der Waals surface area (Å²) in [5, 5.41) is 10.9. The lowest BCUT2D eigenvalue weighted by atomic mass is 10.0. The third kappa shape index (κ3) is 1.84. The van der Waals surface area contributed by atoms with Crippen LogP contribution in [0.25, 0.3) is 61.9 Å². The molecule has 0 N–H and O–H groups in total. The van der Waals surface area contributed by atoms with Crippen molar-refractivity contribution in [3.05, 3.63) is 84.9 Å². The van der Waals surface area contributed by atoms with Crippen LogP contribution in [0.1, 0.15) is 0 Å². The van der Waals surface area contributed by atoms with E-state index in [0.29, 0.717) is 0 Å². The maximum Gasteiger partial charge on any atom is 0.0534 e. The van der Waals surface area contributed by atoms with Crippen LogP contribution in [0, 0.1) is 0 Å². The zero-order valence-electron chi connectivity index (χ0n) is 14.9. The molecule has 0 radical (unpaired) electrons. The standard InChI is InChI=1S/C26H14S2/c1-3-7-17-15(5-1)9-13-21-23(17)19-11-12-20-24-18-8-4-2-6-16(18)10-14-22(24)28-26(20)25(19)27-21/h1-14H. The molecule has 0 atom stereocenters. The number of hydrogen-bond donors (Lipinski definition) is 0. The molecule has 0 saturated carbocycles. The van der Waals surface area contributed by atoms with Gasteiger partial charge in [-0.25, -0.2) is 0 Å². The summed E-state index contributed by atoms with van der Waals surface area (Å²) in [5.74, 6) is 0. The van der Waals surface area contributed by atoms with E-state index in [1.165, 1.54) is 61.9 Å². The third-order valence-electron chi connectivity index (χ3n) is 5.86. The molecule has 0 aliphatic heterocycles. The molecule has 5 aromatic carbocycles. The van der Waals surface area contributed by atoms with Gasteiger partial charge in [0.15, 0.2) is 0 Å². The minimum atomic E-state index is 1.32. The molecule has 0 amide bonds. The Morgan fingerprint density at radius 1 is 0.393 bits per heavy atom. The van der Waals surface area contributed by atoms with Gasteiger partial charge in [-0.05, 0) is 33.7 Å². The van der Waals surface area contributed by atoms with Crippen molar-refractivity contribution in [2.45, 2.75) is 0 Å². The first-order valence-electron chi connectivity index (χ1n) is 9.45. The van der Waals surface area contributed by atoms with Crippen molar-refractivity contribution < 1.29 is 0 Å². The van der Waals surface area contributed by atoms with E-state index in [4.69, 9.17) is 0 Å². The summed E-state index contributed by atoms with van der Waals surface area (Å²) in [6.07, 6.45) is 0. The van der Waals surface area contributed by atoms with Gasteiger partial charge in [-0.2, -0.15) is 0 Å². The highest BCUT2D eigenvalue weighted by Crippen LogP contribution is 2.47. The lowest BCUT2D eigenvalue weighted by molar-refractivity contribution is 1.82. The van der Waals surface area contributed by atoms with Gasteiger partial charge in [0.1, 0.15) is 0 Å². The van der Waals surface area contributed by atoms with Crippen molar-refractivity contribution in [3.63, 3.8) is 0 Å². The first-order chi connectivity index (χ1) is 13.9. The van der Waals surface area contributed by atoms with Gasteiger partial charge < -0.3 is 0 Å². The van der Waals surface area contributed by atoms with E-state index in [9.17, 15) is 0 Å². The molecule has 28 heavy (non-hydrogen) atoms. The minimum Gasteiger partial charge on any atom is -0.134 e. The van der Waals surface area contributed by atoms with Crippen LogP contribution < -0.4 is 0 Å². The van der Waals surface area contributed by atoms with Crippen LogP contribution >= 0.6 is 22.7 Å². The van der Waals surface area contributed by atoms with E-state index in [0.717, 1.165) is 0 Å². The Balaban J connectivity index is 1.73. The predicted molar refractivity (Wildman–Crippen MR) is 127 cm³/mol. The summed E-state index contributed by atoms with van der Waals surface area (Å²) in [7, 11) is 0. The number of benzene rings is 5. The highest BCUT2D eigenvalue weighted by molar-refractivity contribution is 7.33. The van der Waals surface area contributed by atoms with Gasteiger partial charge in [-0.3, -0.25) is 0 Å². The number of rotatable bonds is 0. The summed E-state index contributed by atoms with van der Waals surface area (Å²) < 4.78 is 5.61. The average Bonchev–Trinajstić information content (AvgIpc) is 3.32. The Labute approximate surface area is 169 Å². The molecular formula is C26H14S2. The lowest BCUT2D eigenvalue weighted by Crippen LogP contribution is -1.74. The van der Waals surface area contributed by atoms with E-state index in [1.54, 1.807) is 0 Å². The van der Waals surface area contributed by atoms with E-state index < -0.39 is 0 Å². The quantitative estimate of drug-likeness (QED) is 0.243. The van der Waals surface area contributed by atoms with Crippen LogP contribution in [0.3, 0.4) is 0 Å². The van der Waals surface area contributed by atoms with E-state index in [-0.39, 0.29) is 0 Å². The molecule has 0 nitrogen and oxygen atoms in total. The Morgan fingerprint density at radius 2 is 0.857 bits per heavy atom. The van der Waals surface area contributed by atoms with Crippen molar-refractivity contribution >= 4 is 84.6 Å². The van der Waals surface area contributed by atoms with Crippen molar-refractivity contribution in [3.8, 4) is 0 Å². The van der Waals surface area contributed by atoms with Gasteiger partial charge in [0, 0.05) is 30.9 Å². The fraction of sp³-hybridized carbons (Fsp3) is 0. The average molecular weight is 391 g/mol. The molecule has 2 aromatic heterocycles. The minimum absolute atomic E-state index is 1.32. The Morgan fingerprint density at radius 3 is 1.36 bits per heavy atom. The van der Waals surface area contributed by atoms with Crippen LogP contribution in [0.15, 0.2) is 84.9 Å². The van der Waals surface area contributed by atoms with Crippen LogP contribution in [-0.2, 0) is 0 Å². The Kier molecular flexibility index (Phi) is 2.85. The molecule has 0 aliphatic rings. The van der Waals surface area contributed by atoms with Crippen LogP contribution in [0.4, 0.5) is 0 Å². The summed E-state index contributed by atoms with van der Waals surface area (Å²) in [6.45, 7) is 0. The topological polar surface area (TPSA) is 0 Å². The second-order valence-corrected chi connectivity index (χ2v) is 9.45. The molecule has 0 unspecified atom stereocenters. The molecule has 7 rings (SSSR count). The van der Waals surface area contributed by atoms with Gasteiger partial charge in [-0.15, -0.1) is 22.7 Å². The van der Waals surface area contributed by atoms with E-state index >= 15 is 0 Å². The SMILES string of the molecule is c1ccc2c(c1)ccc1sc3c(ccc4c3sc3ccc5ccccc5c34)c12. The largest absolute Gasteiger partial charge is 0.134 e. The monoisotopic (exact) mass is 390 g/mol. The molecule has 0 aliphatic carbocycles. The maximum absolute atomic E-state index is 2.34. The summed E-state index contributed by atoms with van der Waals surface area (Å²) >= 11 is 3.87. The zero-order chi connectivity index (χ0) is 18.2.